The quantitative estimate of drug-likeness (QED) is 0.767. The molecule has 2 rings (SSSR count). The summed E-state index contributed by atoms with van der Waals surface area (Å²) in [7, 11) is 0. The molecule has 0 aliphatic rings. The number of nitrogens with zero attached hydrogens (tertiary/aromatic N) is 2. The molecule has 0 saturated carbocycles. The lowest BCUT2D eigenvalue weighted by molar-refractivity contribution is -0.123. The summed E-state index contributed by atoms with van der Waals surface area (Å²) in [6, 6.07) is 10.2. The van der Waals surface area contributed by atoms with E-state index in [1.165, 1.54) is 11.8 Å². The SMILES string of the molecule is CCOC(=O)c1ccccc1N(CC(=O)NCc1cccnc1)C(C)=O. The molecule has 1 aromatic carbocycles. The maximum atomic E-state index is 12.3. The maximum Gasteiger partial charge on any atom is 0.340 e. The van der Waals surface area contributed by atoms with Crippen LogP contribution in [0.5, 0.6) is 0 Å². The van der Waals surface area contributed by atoms with Gasteiger partial charge >= 0.3 is 5.97 Å². The molecule has 26 heavy (non-hydrogen) atoms. The first-order chi connectivity index (χ1) is 12.5. The third-order valence-corrected chi connectivity index (χ3v) is 3.58. The normalized spacial score (nSPS) is 10.1. The standard InChI is InChI=1S/C19H21N3O4/c1-3-26-19(25)16-8-4-5-9-17(16)22(14(2)23)13-18(24)21-12-15-7-6-10-20-11-15/h4-11H,3,12-13H2,1-2H3,(H,21,24). The van der Waals surface area contributed by atoms with Gasteiger partial charge in [-0.15, -0.1) is 0 Å². The number of carbonyl (C=O) groups excluding carboxylic acids is 3. The number of carbonyl (C=O) groups is 3. The summed E-state index contributed by atoms with van der Waals surface area (Å²) in [4.78, 5) is 41.7. The number of pyridine rings is 1. The second-order valence-corrected chi connectivity index (χ2v) is 5.48. The van der Waals surface area contributed by atoms with E-state index >= 15 is 0 Å². The summed E-state index contributed by atoms with van der Waals surface area (Å²) >= 11 is 0. The molecule has 0 saturated heterocycles. The highest BCUT2D eigenvalue weighted by Gasteiger charge is 2.22. The second-order valence-electron chi connectivity index (χ2n) is 5.48. The number of nitrogens with one attached hydrogen (secondary N) is 1. The van der Waals surface area contributed by atoms with E-state index in [0.29, 0.717) is 12.2 Å². The molecule has 1 aromatic heterocycles. The van der Waals surface area contributed by atoms with Crippen molar-refractivity contribution in [3.8, 4) is 0 Å². The van der Waals surface area contributed by atoms with Crippen LogP contribution in [-0.2, 0) is 20.9 Å². The number of amides is 2. The molecule has 0 aliphatic carbocycles. The number of hydrogen-bond acceptors (Lipinski definition) is 5. The molecule has 0 aliphatic heterocycles. The average molecular weight is 355 g/mol. The van der Waals surface area contributed by atoms with Crippen LogP contribution in [0.15, 0.2) is 48.8 Å². The molecular formula is C19H21N3O4. The Labute approximate surface area is 152 Å². The van der Waals surface area contributed by atoms with Gasteiger partial charge in [0.2, 0.25) is 11.8 Å². The third-order valence-electron chi connectivity index (χ3n) is 3.58. The van der Waals surface area contributed by atoms with Crippen LogP contribution in [0.2, 0.25) is 0 Å². The zero-order valence-corrected chi connectivity index (χ0v) is 14.8. The van der Waals surface area contributed by atoms with Gasteiger partial charge in [-0.1, -0.05) is 18.2 Å². The monoisotopic (exact) mass is 355 g/mol. The Balaban J connectivity index is 2.13. The van der Waals surface area contributed by atoms with E-state index in [4.69, 9.17) is 4.74 Å². The Morgan fingerprint density at radius 2 is 1.92 bits per heavy atom. The fourth-order valence-corrected chi connectivity index (χ4v) is 2.36. The molecule has 0 fully saturated rings. The molecule has 1 N–H and O–H groups in total. The molecule has 2 aromatic rings. The van der Waals surface area contributed by atoms with Crippen molar-refractivity contribution < 1.29 is 19.1 Å². The van der Waals surface area contributed by atoms with Crippen LogP contribution in [0.1, 0.15) is 29.8 Å². The minimum Gasteiger partial charge on any atom is -0.462 e. The minimum atomic E-state index is -0.537. The second kappa shape index (κ2) is 9.31. The Kier molecular flexibility index (Phi) is 6.84. The number of aromatic nitrogens is 1. The van der Waals surface area contributed by atoms with Crippen LogP contribution in [0, 0.1) is 0 Å². The molecule has 136 valence electrons. The summed E-state index contributed by atoms with van der Waals surface area (Å²) in [5.74, 6) is -1.23. The molecule has 0 spiro atoms. The smallest absolute Gasteiger partial charge is 0.340 e. The topological polar surface area (TPSA) is 88.6 Å². The number of hydrogen-bond donors (Lipinski definition) is 1. The Hall–Kier alpha value is -3.22. The summed E-state index contributed by atoms with van der Waals surface area (Å²) in [6.07, 6.45) is 3.30. The van der Waals surface area contributed by atoms with Crippen LogP contribution in [0.25, 0.3) is 0 Å². The summed E-state index contributed by atoms with van der Waals surface area (Å²) in [5.41, 5.74) is 1.43. The van der Waals surface area contributed by atoms with Crippen molar-refractivity contribution in [1.82, 2.24) is 10.3 Å². The van der Waals surface area contributed by atoms with Gasteiger partial charge in [-0.3, -0.25) is 14.6 Å². The molecule has 1 heterocycles. The molecule has 0 bridgehead atoms. The van der Waals surface area contributed by atoms with E-state index in [1.807, 2.05) is 6.07 Å². The van der Waals surface area contributed by atoms with Crippen LogP contribution in [-0.4, -0.2) is 35.9 Å². The highest BCUT2D eigenvalue weighted by atomic mass is 16.5. The summed E-state index contributed by atoms with van der Waals surface area (Å²) in [5, 5.41) is 2.74. The number of anilines is 1. The maximum absolute atomic E-state index is 12.3. The zero-order chi connectivity index (χ0) is 18.9. The van der Waals surface area contributed by atoms with Crippen molar-refractivity contribution in [1.29, 1.82) is 0 Å². The number of rotatable bonds is 7. The number of para-hydroxylation sites is 1. The van der Waals surface area contributed by atoms with E-state index in [2.05, 4.69) is 10.3 Å². The fourth-order valence-electron chi connectivity index (χ4n) is 2.36. The molecule has 2 amide bonds. The molecule has 0 atom stereocenters. The van der Waals surface area contributed by atoms with Crippen molar-refractivity contribution in [3.05, 3.63) is 59.9 Å². The van der Waals surface area contributed by atoms with Gasteiger partial charge in [0, 0.05) is 25.9 Å². The van der Waals surface area contributed by atoms with Crippen LogP contribution >= 0.6 is 0 Å². The van der Waals surface area contributed by atoms with Gasteiger partial charge in [-0.25, -0.2) is 4.79 Å². The largest absolute Gasteiger partial charge is 0.462 e. The van der Waals surface area contributed by atoms with Gasteiger partial charge in [0.1, 0.15) is 6.54 Å². The van der Waals surface area contributed by atoms with E-state index in [0.717, 1.165) is 5.56 Å². The first-order valence-corrected chi connectivity index (χ1v) is 8.22. The lowest BCUT2D eigenvalue weighted by atomic mass is 10.1. The molecule has 7 nitrogen and oxygen atoms in total. The lowest BCUT2D eigenvalue weighted by Crippen LogP contribution is -2.40. The summed E-state index contributed by atoms with van der Waals surface area (Å²) in [6.45, 7) is 3.37. The van der Waals surface area contributed by atoms with Gasteiger partial charge in [-0.2, -0.15) is 0 Å². The van der Waals surface area contributed by atoms with Crippen LogP contribution < -0.4 is 10.2 Å². The Morgan fingerprint density at radius 1 is 1.15 bits per heavy atom. The first-order valence-electron chi connectivity index (χ1n) is 8.22. The molecule has 0 unspecified atom stereocenters. The number of ether oxygens (including phenoxy) is 1. The van der Waals surface area contributed by atoms with Crippen molar-refractivity contribution in [2.45, 2.75) is 20.4 Å². The summed E-state index contributed by atoms with van der Waals surface area (Å²) < 4.78 is 5.02. The predicted molar refractivity (Wildman–Crippen MR) is 96.5 cm³/mol. The van der Waals surface area contributed by atoms with Crippen molar-refractivity contribution >= 4 is 23.5 Å². The number of benzene rings is 1. The average Bonchev–Trinajstić information content (AvgIpc) is 2.65. The van der Waals surface area contributed by atoms with Crippen LogP contribution in [0.3, 0.4) is 0 Å². The Bertz CT molecular complexity index is 777. The van der Waals surface area contributed by atoms with Gasteiger partial charge in [0.15, 0.2) is 0 Å². The van der Waals surface area contributed by atoms with Crippen LogP contribution in [0.4, 0.5) is 5.69 Å². The van der Waals surface area contributed by atoms with E-state index in [1.54, 1.807) is 49.6 Å². The van der Waals surface area contributed by atoms with Gasteiger partial charge in [0.25, 0.3) is 0 Å². The van der Waals surface area contributed by atoms with Crippen molar-refractivity contribution in [3.63, 3.8) is 0 Å². The van der Waals surface area contributed by atoms with E-state index in [-0.39, 0.29) is 30.5 Å². The fraction of sp³-hybridized carbons (Fsp3) is 0.263. The van der Waals surface area contributed by atoms with E-state index in [9.17, 15) is 14.4 Å². The van der Waals surface area contributed by atoms with Crippen molar-refractivity contribution in [2.75, 3.05) is 18.1 Å². The highest BCUT2D eigenvalue weighted by Crippen LogP contribution is 2.21. The van der Waals surface area contributed by atoms with Gasteiger partial charge in [0.05, 0.1) is 17.9 Å². The third kappa shape index (κ3) is 5.14. The predicted octanol–water partition coefficient (Wildman–Crippen LogP) is 1.93. The minimum absolute atomic E-state index is 0.202. The van der Waals surface area contributed by atoms with Gasteiger partial charge < -0.3 is 15.0 Å². The lowest BCUT2D eigenvalue weighted by Gasteiger charge is -2.23. The molecule has 0 radical (unpaired) electrons. The van der Waals surface area contributed by atoms with Crippen molar-refractivity contribution in [2.24, 2.45) is 0 Å². The molecular weight excluding hydrogens is 334 g/mol. The molecule has 7 heteroatoms. The number of esters is 1. The first kappa shape index (κ1) is 19.1. The zero-order valence-electron chi connectivity index (χ0n) is 14.8. The Morgan fingerprint density at radius 3 is 2.58 bits per heavy atom. The van der Waals surface area contributed by atoms with Gasteiger partial charge in [-0.05, 0) is 30.7 Å². The highest BCUT2D eigenvalue weighted by molar-refractivity contribution is 6.04. The van der Waals surface area contributed by atoms with E-state index < -0.39 is 5.97 Å².